The van der Waals surface area contributed by atoms with Gasteiger partial charge < -0.3 is 33.8 Å². The van der Waals surface area contributed by atoms with Crippen molar-refractivity contribution in [1.29, 1.82) is 0 Å². The van der Waals surface area contributed by atoms with Crippen molar-refractivity contribution in [3.8, 4) is 0 Å². The lowest BCUT2D eigenvalue weighted by Gasteiger charge is -2.21. The Morgan fingerprint density at radius 3 is 0.694 bits per heavy atom. The van der Waals surface area contributed by atoms with E-state index < -0.39 is 97.5 Å². The van der Waals surface area contributed by atoms with Crippen molar-refractivity contribution in [2.75, 3.05) is 39.6 Å². The number of phosphoric ester groups is 2. The van der Waals surface area contributed by atoms with Gasteiger partial charge in [0.2, 0.25) is 0 Å². The average molecular weight is 1440 g/mol. The number of hydrogen-bond donors (Lipinski definition) is 3. The van der Waals surface area contributed by atoms with Crippen molar-refractivity contribution in [3.05, 3.63) is 0 Å². The van der Waals surface area contributed by atoms with E-state index in [9.17, 15) is 43.2 Å². The lowest BCUT2D eigenvalue weighted by Crippen LogP contribution is -2.30. The molecule has 17 nitrogen and oxygen atoms in total. The third kappa shape index (κ3) is 72.4. The molecule has 0 rings (SSSR count). The van der Waals surface area contributed by atoms with Crippen LogP contribution in [0.2, 0.25) is 0 Å². The molecule has 0 aliphatic carbocycles. The van der Waals surface area contributed by atoms with E-state index in [1.807, 2.05) is 0 Å². The lowest BCUT2D eigenvalue weighted by molar-refractivity contribution is -0.161. The fourth-order valence-corrected chi connectivity index (χ4v) is 13.8. The highest BCUT2D eigenvalue weighted by Crippen LogP contribution is 2.45. The summed E-state index contributed by atoms with van der Waals surface area (Å²) >= 11 is 0. The van der Waals surface area contributed by atoms with Crippen LogP contribution < -0.4 is 0 Å². The van der Waals surface area contributed by atoms with Crippen LogP contribution in [0.15, 0.2) is 0 Å². The van der Waals surface area contributed by atoms with Crippen LogP contribution in [0.5, 0.6) is 0 Å². The summed E-state index contributed by atoms with van der Waals surface area (Å²) in [6.07, 6.45) is 62.3. The van der Waals surface area contributed by atoms with Gasteiger partial charge in [-0.05, 0) is 31.6 Å². The van der Waals surface area contributed by atoms with Crippen LogP contribution in [0.4, 0.5) is 0 Å². The molecular weight excluding hydrogens is 1280 g/mol. The van der Waals surface area contributed by atoms with E-state index in [2.05, 4.69) is 34.6 Å². The minimum atomic E-state index is -4.96. The van der Waals surface area contributed by atoms with Crippen LogP contribution in [-0.2, 0) is 65.4 Å². The third-order valence-electron chi connectivity index (χ3n) is 18.5. The van der Waals surface area contributed by atoms with Gasteiger partial charge >= 0.3 is 39.5 Å². The number of unbranched alkanes of at least 4 members (excludes halogenated alkanes) is 51. The molecule has 5 atom stereocenters. The van der Waals surface area contributed by atoms with Gasteiger partial charge in [-0.1, -0.05) is 369 Å². The molecule has 0 bridgehead atoms. The monoisotopic (exact) mass is 1440 g/mol. The predicted octanol–water partition coefficient (Wildman–Crippen LogP) is 23.6. The smallest absolute Gasteiger partial charge is 0.462 e. The summed E-state index contributed by atoms with van der Waals surface area (Å²) in [6.45, 7) is 7.33. The number of esters is 4. The zero-order valence-electron chi connectivity index (χ0n) is 63.9. The van der Waals surface area contributed by atoms with Crippen LogP contribution >= 0.6 is 15.6 Å². The molecule has 2 unspecified atom stereocenters. The normalized spacial score (nSPS) is 13.9. The maximum Gasteiger partial charge on any atom is 0.472 e. The first kappa shape index (κ1) is 96.1. The molecule has 0 aromatic heterocycles. The Hall–Kier alpha value is -1.94. The number of hydrogen-bond acceptors (Lipinski definition) is 15. The first-order valence-corrected chi connectivity index (χ1v) is 44.1. The Balaban J connectivity index is 5.25. The number of aliphatic hydroxyl groups is 1. The standard InChI is InChI=1S/C79H154O17P2/c1-6-9-12-15-18-21-24-26-28-29-30-31-33-40-45-50-55-60-65-79(84)96-75(69-90-77(82)63-58-53-48-43-38-35-34-37-41-46-51-56-61-72(4)5)71-94-98(87,88)92-67-73(80)66-91-97(85,86)93-70-74(68-89-76(81)62-57-52-47-42-36-23-20-17-14-11-8-3)95-78(83)64-59-54-49-44-39-32-27-25-22-19-16-13-10-7-2/h72-75,80H,6-71H2,1-5H3,(H,85,86)(H,87,88)/t73-,74+,75+/m0/s1. The van der Waals surface area contributed by atoms with E-state index in [-0.39, 0.29) is 25.7 Å². The van der Waals surface area contributed by atoms with Crippen LogP contribution in [0.25, 0.3) is 0 Å². The van der Waals surface area contributed by atoms with Gasteiger partial charge in [-0.2, -0.15) is 0 Å². The van der Waals surface area contributed by atoms with Crippen LogP contribution in [-0.4, -0.2) is 96.7 Å². The molecule has 0 saturated carbocycles. The van der Waals surface area contributed by atoms with Crippen molar-refractivity contribution in [1.82, 2.24) is 0 Å². The van der Waals surface area contributed by atoms with Crippen LogP contribution in [0.1, 0.15) is 420 Å². The van der Waals surface area contributed by atoms with Gasteiger partial charge in [0, 0.05) is 25.7 Å². The number of rotatable bonds is 79. The molecule has 0 spiro atoms. The zero-order valence-corrected chi connectivity index (χ0v) is 65.7. The maximum atomic E-state index is 13.1. The fraction of sp³-hybridized carbons (Fsp3) is 0.949. The fourth-order valence-electron chi connectivity index (χ4n) is 12.2. The molecule has 0 saturated heterocycles. The first-order valence-electron chi connectivity index (χ1n) is 41.1. The van der Waals surface area contributed by atoms with E-state index in [1.54, 1.807) is 0 Å². The topological polar surface area (TPSA) is 237 Å². The second-order valence-corrected chi connectivity index (χ2v) is 31.8. The van der Waals surface area contributed by atoms with Crippen LogP contribution in [0.3, 0.4) is 0 Å². The highest BCUT2D eigenvalue weighted by molar-refractivity contribution is 7.47. The molecule has 0 aromatic carbocycles. The first-order chi connectivity index (χ1) is 47.5. The summed E-state index contributed by atoms with van der Waals surface area (Å²) in [4.78, 5) is 73.0. The molecule has 0 fully saturated rings. The molecular formula is C79H154O17P2. The number of phosphoric acid groups is 2. The zero-order chi connectivity index (χ0) is 71.9. The molecule has 0 heterocycles. The van der Waals surface area contributed by atoms with Crippen molar-refractivity contribution < 1.29 is 80.2 Å². The molecule has 3 N–H and O–H groups in total. The number of aliphatic hydroxyl groups excluding tert-OH is 1. The molecule has 0 aromatic rings. The third-order valence-corrected chi connectivity index (χ3v) is 20.4. The van der Waals surface area contributed by atoms with Gasteiger partial charge in [-0.15, -0.1) is 0 Å². The highest BCUT2D eigenvalue weighted by Gasteiger charge is 2.30. The highest BCUT2D eigenvalue weighted by atomic mass is 31.2. The SMILES string of the molecule is CCCCCCCCCCCCCCCCCCCCC(=O)O[C@H](COC(=O)CCCCCCCCCCCCCCC(C)C)COP(=O)(O)OC[C@@H](O)COP(=O)(O)OC[C@@H](COC(=O)CCCCCCCCCCCCC)OC(=O)CCCCCCCCCCCCCCCC. The van der Waals surface area contributed by atoms with Gasteiger partial charge in [0.05, 0.1) is 26.4 Å². The van der Waals surface area contributed by atoms with E-state index in [1.165, 1.54) is 244 Å². The molecule has 0 aliphatic rings. The van der Waals surface area contributed by atoms with E-state index in [0.29, 0.717) is 25.7 Å². The summed E-state index contributed by atoms with van der Waals surface area (Å²) in [5.41, 5.74) is 0. The summed E-state index contributed by atoms with van der Waals surface area (Å²) in [5, 5.41) is 10.6. The van der Waals surface area contributed by atoms with E-state index in [0.717, 1.165) is 95.8 Å². The lowest BCUT2D eigenvalue weighted by atomic mass is 10.0. The average Bonchev–Trinajstić information content (AvgIpc) is 1.23. The number of carbonyl (C=O) groups excluding carboxylic acids is 4. The van der Waals surface area contributed by atoms with Crippen molar-refractivity contribution >= 4 is 39.5 Å². The van der Waals surface area contributed by atoms with Gasteiger partial charge in [0.15, 0.2) is 12.2 Å². The number of ether oxygens (including phenoxy) is 4. The van der Waals surface area contributed by atoms with E-state index in [4.69, 9.17) is 37.0 Å². The quantitative estimate of drug-likeness (QED) is 0.0222. The molecule has 98 heavy (non-hydrogen) atoms. The van der Waals surface area contributed by atoms with E-state index >= 15 is 0 Å². The molecule has 582 valence electrons. The molecule has 0 radical (unpaired) electrons. The predicted molar refractivity (Wildman–Crippen MR) is 400 cm³/mol. The Labute approximate surface area is 600 Å². The summed E-state index contributed by atoms with van der Waals surface area (Å²) in [7, 11) is -9.91. The second-order valence-electron chi connectivity index (χ2n) is 28.9. The Morgan fingerprint density at radius 2 is 0.469 bits per heavy atom. The van der Waals surface area contributed by atoms with Crippen LogP contribution in [0, 0.1) is 5.92 Å². The summed E-state index contributed by atoms with van der Waals surface area (Å²) in [6, 6.07) is 0. The summed E-state index contributed by atoms with van der Waals surface area (Å²) < 4.78 is 68.7. The Bertz CT molecular complexity index is 1870. The van der Waals surface area contributed by atoms with Gasteiger partial charge in [-0.3, -0.25) is 37.3 Å². The molecule has 0 aliphatic heterocycles. The summed E-state index contributed by atoms with van der Waals surface area (Å²) in [5.74, 6) is -1.32. The van der Waals surface area contributed by atoms with Gasteiger partial charge in [-0.25, -0.2) is 9.13 Å². The number of carbonyl (C=O) groups is 4. The van der Waals surface area contributed by atoms with Gasteiger partial charge in [0.25, 0.3) is 0 Å². The second kappa shape index (κ2) is 72.0. The minimum absolute atomic E-state index is 0.108. The largest absolute Gasteiger partial charge is 0.472 e. The maximum absolute atomic E-state index is 13.1. The Kier molecular flexibility index (Phi) is 70.6. The molecule has 0 amide bonds. The van der Waals surface area contributed by atoms with Crippen molar-refractivity contribution in [2.45, 2.75) is 438 Å². The Morgan fingerprint density at radius 1 is 0.276 bits per heavy atom. The van der Waals surface area contributed by atoms with Crippen molar-refractivity contribution in [2.24, 2.45) is 5.92 Å². The minimum Gasteiger partial charge on any atom is -0.462 e. The van der Waals surface area contributed by atoms with Gasteiger partial charge in [0.1, 0.15) is 19.3 Å². The van der Waals surface area contributed by atoms with Crippen molar-refractivity contribution in [3.63, 3.8) is 0 Å². The molecule has 19 heteroatoms.